The number of phenolic OH excluding ortho intramolecular Hbond substituents is 2. The molecule has 1 aromatic carbocycles. The van der Waals surface area contributed by atoms with Crippen LogP contribution in [0, 0.1) is 6.92 Å². The van der Waals surface area contributed by atoms with Gasteiger partial charge >= 0.3 is 0 Å². The Hall–Kier alpha value is -1.07. The fourth-order valence-electron chi connectivity index (χ4n) is 1.35. The van der Waals surface area contributed by atoms with E-state index in [1.165, 1.54) is 6.07 Å². The first-order chi connectivity index (χ1) is 6.99. The number of halogens is 1. The van der Waals surface area contributed by atoms with Crippen LogP contribution >= 0.6 is 15.9 Å². The molecule has 4 N–H and O–H groups in total. The molecule has 1 rings (SSSR count). The van der Waals surface area contributed by atoms with Gasteiger partial charge in [-0.1, -0.05) is 0 Å². The van der Waals surface area contributed by atoms with Gasteiger partial charge in [-0.05, 0) is 41.0 Å². The van der Waals surface area contributed by atoms with Crippen molar-refractivity contribution in [3.05, 3.63) is 21.7 Å². The predicted octanol–water partition coefficient (Wildman–Crippen LogP) is 1.70. The molecule has 0 heterocycles. The zero-order chi connectivity index (χ0) is 11.6. The number of ketones is 1. The Morgan fingerprint density at radius 3 is 2.67 bits per heavy atom. The Morgan fingerprint density at radius 1 is 1.53 bits per heavy atom. The summed E-state index contributed by atoms with van der Waals surface area (Å²) in [6, 6.07) is 1.35. The van der Waals surface area contributed by atoms with Gasteiger partial charge in [0.25, 0.3) is 0 Å². The summed E-state index contributed by atoms with van der Waals surface area (Å²) >= 11 is 3.08. The van der Waals surface area contributed by atoms with Crippen LogP contribution in [0.4, 0.5) is 0 Å². The van der Waals surface area contributed by atoms with E-state index in [1.54, 1.807) is 6.92 Å². The number of aryl methyl sites for hydroxylation is 1. The molecule has 15 heavy (non-hydrogen) atoms. The van der Waals surface area contributed by atoms with E-state index in [-0.39, 0.29) is 34.7 Å². The molecule has 4 nitrogen and oxygen atoms in total. The van der Waals surface area contributed by atoms with Crippen molar-refractivity contribution in [1.82, 2.24) is 0 Å². The van der Waals surface area contributed by atoms with Crippen molar-refractivity contribution in [2.75, 3.05) is 6.54 Å². The van der Waals surface area contributed by atoms with Crippen LogP contribution in [-0.2, 0) is 0 Å². The van der Waals surface area contributed by atoms with Crippen LogP contribution in [0.5, 0.6) is 11.5 Å². The first kappa shape index (κ1) is 12.0. The summed E-state index contributed by atoms with van der Waals surface area (Å²) in [4.78, 5) is 11.6. The highest BCUT2D eigenvalue weighted by atomic mass is 79.9. The highest BCUT2D eigenvalue weighted by Crippen LogP contribution is 2.38. The van der Waals surface area contributed by atoms with Crippen LogP contribution in [0.25, 0.3) is 0 Å². The maximum absolute atomic E-state index is 11.6. The Balaban J connectivity index is 3.29. The van der Waals surface area contributed by atoms with Gasteiger partial charge < -0.3 is 15.9 Å². The van der Waals surface area contributed by atoms with E-state index in [1.807, 2.05) is 0 Å². The summed E-state index contributed by atoms with van der Waals surface area (Å²) in [6.45, 7) is 1.94. The van der Waals surface area contributed by atoms with Crippen molar-refractivity contribution in [3.63, 3.8) is 0 Å². The Labute approximate surface area is 95.8 Å². The minimum absolute atomic E-state index is 0.155. The first-order valence-electron chi connectivity index (χ1n) is 4.43. The van der Waals surface area contributed by atoms with E-state index in [2.05, 4.69) is 15.9 Å². The van der Waals surface area contributed by atoms with Crippen molar-refractivity contribution >= 4 is 21.7 Å². The smallest absolute Gasteiger partial charge is 0.172 e. The summed E-state index contributed by atoms with van der Waals surface area (Å²) < 4.78 is 0.221. The number of hydrogen-bond acceptors (Lipinski definition) is 4. The molecular weight excluding hydrogens is 262 g/mol. The van der Waals surface area contributed by atoms with E-state index in [4.69, 9.17) is 5.73 Å². The minimum atomic E-state index is -0.319. The van der Waals surface area contributed by atoms with E-state index in [9.17, 15) is 15.0 Å². The number of nitrogens with two attached hydrogens (primary N) is 1. The van der Waals surface area contributed by atoms with Gasteiger partial charge in [-0.2, -0.15) is 0 Å². The van der Waals surface area contributed by atoms with Crippen molar-refractivity contribution in [2.45, 2.75) is 13.3 Å². The molecule has 0 amide bonds. The molecule has 0 saturated carbocycles. The number of benzene rings is 1. The zero-order valence-corrected chi connectivity index (χ0v) is 9.84. The summed E-state index contributed by atoms with van der Waals surface area (Å²) in [6.07, 6.45) is 0.212. The second-order valence-electron chi connectivity index (χ2n) is 3.21. The molecule has 5 heteroatoms. The lowest BCUT2D eigenvalue weighted by Gasteiger charge is -2.10. The Morgan fingerprint density at radius 2 is 2.13 bits per heavy atom. The summed E-state index contributed by atoms with van der Waals surface area (Å²) in [5.74, 6) is -0.721. The second kappa shape index (κ2) is 4.63. The molecule has 0 aliphatic carbocycles. The van der Waals surface area contributed by atoms with Crippen LogP contribution in [0.2, 0.25) is 0 Å². The molecule has 0 fully saturated rings. The van der Waals surface area contributed by atoms with Gasteiger partial charge in [-0.15, -0.1) is 0 Å². The number of phenols is 2. The van der Waals surface area contributed by atoms with Crippen molar-refractivity contribution in [3.8, 4) is 11.5 Å². The SMILES string of the molecule is Cc1cc(O)c(O)c(Br)c1C(=O)CCN. The molecule has 0 saturated heterocycles. The largest absolute Gasteiger partial charge is 0.504 e. The Kier molecular flexibility index (Phi) is 3.71. The lowest BCUT2D eigenvalue weighted by molar-refractivity contribution is 0.0983. The summed E-state index contributed by atoms with van der Waals surface area (Å²) in [5, 5.41) is 18.7. The minimum Gasteiger partial charge on any atom is -0.504 e. The topological polar surface area (TPSA) is 83.5 Å². The lowest BCUT2D eigenvalue weighted by Crippen LogP contribution is -2.10. The van der Waals surface area contributed by atoms with Crippen LogP contribution in [0.1, 0.15) is 22.3 Å². The molecule has 0 aliphatic heterocycles. The number of carbonyl (C=O) groups excluding carboxylic acids is 1. The van der Waals surface area contributed by atoms with Crippen LogP contribution in [0.3, 0.4) is 0 Å². The average molecular weight is 274 g/mol. The van der Waals surface area contributed by atoms with Crippen molar-refractivity contribution in [2.24, 2.45) is 5.73 Å². The Bertz CT molecular complexity index is 404. The molecule has 0 bridgehead atoms. The number of hydrogen-bond donors (Lipinski definition) is 3. The van der Waals surface area contributed by atoms with Crippen molar-refractivity contribution < 1.29 is 15.0 Å². The molecule has 0 unspecified atom stereocenters. The number of Topliss-reactive ketones (excluding diaryl/α,β-unsaturated/α-hetero) is 1. The molecule has 82 valence electrons. The maximum Gasteiger partial charge on any atom is 0.172 e. The quantitative estimate of drug-likeness (QED) is 0.578. The highest BCUT2D eigenvalue weighted by Gasteiger charge is 2.18. The normalized spacial score (nSPS) is 10.3. The first-order valence-corrected chi connectivity index (χ1v) is 5.22. The van der Waals surface area contributed by atoms with Gasteiger partial charge in [0.1, 0.15) is 0 Å². The van der Waals surface area contributed by atoms with Gasteiger partial charge in [-0.3, -0.25) is 4.79 Å². The molecule has 0 aliphatic rings. The summed E-state index contributed by atoms with van der Waals surface area (Å²) in [7, 11) is 0. The fraction of sp³-hybridized carbons (Fsp3) is 0.300. The zero-order valence-electron chi connectivity index (χ0n) is 8.25. The van der Waals surface area contributed by atoms with Crippen LogP contribution in [0.15, 0.2) is 10.5 Å². The van der Waals surface area contributed by atoms with Crippen LogP contribution in [-0.4, -0.2) is 22.5 Å². The van der Waals surface area contributed by atoms with E-state index in [0.29, 0.717) is 11.1 Å². The standard InChI is InChI=1S/C10H12BrNO3/c1-5-4-7(14)10(15)9(11)8(5)6(13)2-3-12/h4,14-15H,2-3,12H2,1H3. The average Bonchev–Trinajstić information content (AvgIpc) is 2.15. The maximum atomic E-state index is 11.6. The van der Waals surface area contributed by atoms with E-state index >= 15 is 0 Å². The predicted molar refractivity (Wildman–Crippen MR) is 60.2 cm³/mol. The molecule has 0 aromatic heterocycles. The highest BCUT2D eigenvalue weighted by molar-refractivity contribution is 9.10. The molecule has 1 aromatic rings. The summed E-state index contributed by atoms with van der Waals surface area (Å²) in [5.41, 5.74) is 6.26. The molecule has 0 radical (unpaired) electrons. The van der Waals surface area contributed by atoms with Gasteiger partial charge in [0.2, 0.25) is 0 Å². The van der Waals surface area contributed by atoms with Gasteiger partial charge in [0, 0.05) is 12.0 Å². The van der Waals surface area contributed by atoms with E-state index in [0.717, 1.165) is 0 Å². The number of rotatable bonds is 3. The third-order valence-electron chi connectivity index (χ3n) is 2.07. The second-order valence-corrected chi connectivity index (χ2v) is 4.01. The fourth-order valence-corrected chi connectivity index (χ4v) is 2.08. The number of aromatic hydroxyl groups is 2. The number of carbonyl (C=O) groups is 1. The van der Waals surface area contributed by atoms with Gasteiger partial charge in [-0.25, -0.2) is 0 Å². The third-order valence-corrected chi connectivity index (χ3v) is 2.84. The monoisotopic (exact) mass is 273 g/mol. The molecular formula is C10H12BrNO3. The lowest BCUT2D eigenvalue weighted by atomic mass is 10.0. The third kappa shape index (κ3) is 2.30. The molecule has 0 atom stereocenters. The molecule has 0 spiro atoms. The van der Waals surface area contributed by atoms with Crippen LogP contribution < -0.4 is 5.73 Å². The van der Waals surface area contributed by atoms with Crippen molar-refractivity contribution in [1.29, 1.82) is 0 Å². The van der Waals surface area contributed by atoms with Gasteiger partial charge in [0.05, 0.1) is 4.47 Å². The van der Waals surface area contributed by atoms with E-state index < -0.39 is 0 Å². The van der Waals surface area contributed by atoms with Gasteiger partial charge in [0.15, 0.2) is 17.3 Å².